The van der Waals surface area contributed by atoms with Crippen LogP contribution in [0.25, 0.3) is 11.0 Å². The van der Waals surface area contributed by atoms with Crippen molar-refractivity contribution in [1.82, 2.24) is 4.90 Å². The van der Waals surface area contributed by atoms with Crippen molar-refractivity contribution in [2.24, 2.45) is 0 Å². The number of likely N-dealkylation sites (N-methyl/N-ethyl adjacent to an activating group) is 1. The molecular weight excluding hydrogens is 368 g/mol. The van der Waals surface area contributed by atoms with Gasteiger partial charge in [0.25, 0.3) is 0 Å². The minimum atomic E-state index is -0.242. The van der Waals surface area contributed by atoms with E-state index in [-0.39, 0.29) is 24.8 Å². The van der Waals surface area contributed by atoms with Gasteiger partial charge in [0.15, 0.2) is 0 Å². The third kappa shape index (κ3) is 4.59. The number of nitrogens with zero attached hydrogens (tertiary/aromatic N) is 1. The molecule has 2 aromatic carbocycles. The number of anilines is 1. The van der Waals surface area contributed by atoms with E-state index in [4.69, 9.17) is 9.15 Å². The van der Waals surface area contributed by atoms with Crippen LogP contribution < -0.4 is 10.1 Å². The average molecular weight is 394 g/mol. The monoisotopic (exact) mass is 394 g/mol. The molecule has 0 bridgehead atoms. The number of ether oxygens (including phenoxy) is 1. The lowest BCUT2D eigenvalue weighted by Crippen LogP contribution is -2.38. The molecule has 0 aliphatic rings. The second-order valence-electron chi connectivity index (χ2n) is 7.01. The Morgan fingerprint density at radius 1 is 1.10 bits per heavy atom. The summed E-state index contributed by atoms with van der Waals surface area (Å²) < 4.78 is 10.8. The zero-order valence-electron chi connectivity index (χ0n) is 17.2. The van der Waals surface area contributed by atoms with Gasteiger partial charge >= 0.3 is 0 Å². The van der Waals surface area contributed by atoms with Gasteiger partial charge in [0.2, 0.25) is 11.8 Å². The lowest BCUT2D eigenvalue weighted by molar-refractivity contribution is -0.133. The summed E-state index contributed by atoms with van der Waals surface area (Å²) in [5.74, 6) is 0.360. The van der Waals surface area contributed by atoms with Crippen LogP contribution >= 0.6 is 0 Å². The molecule has 0 aliphatic heterocycles. The first-order valence-corrected chi connectivity index (χ1v) is 9.61. The van der Waals surface area contributed by atoms with Crippen LogP contribution in [0.3, 0.4) is 0 Å². The van der Waals surface area contributed by atoms with E-state index in [2.05, 4.69) is 5.32 Å². The van der Waals surface area contributed by atoms with Crippen LogP contribution in [-0.4, -0.2) is 36.9 Å². The van der Waals surface area contributed by atoms with Crippen LogP contribution in [0, 0.1) is 13.8 Å². The number of aryl methyl sites for hydroxylation is 2. The molecule has 6 heteroatoms. The van der Waals surface area contributed by atoms with E-state index in [1.165, 1.54) is 0 Å². The number of fused-ring (bicyclic) bond motifs is 1. The third-order valence-corrected chi connectivity index (χ3v) is 5.13. The summed E-state index contributed by atoms with van der Waals surface area (Å²) in [4.78, 5) is 26.7. The molecule has 3 rings (SSSR count). The van der Waals surface area contributed by atoms with Crippen LogP contribution in [0.5, 0.6) is 5.75 Å². The van der Waals surface area contributed by atoms with E-state index in [9.17, 15) is 9.59 Å². The minimum absolute atomic E-state index is 0.00468. The van der Waals surface area contributed by atoms with Gasteiger partial charge in [0.1, 0.15) is 11.3 Å². The Balaban J connectivity index is 1.65. The van der Waals surface area contributed by atoms with Gasteiger partial charge in [-0.25, -0.2) is 0 Å². The predicted molar refractivity (Wildman–Crippen MR) is 113 cm³/mol. The number of hydrogen-bond donors (Lipinski definition) is 1. The summed E-state index contributed by atoms with van der Waals surface area (Å²) >= 11 is 0. The molecule has 1 heterocycles. The third-order valence-electron chi connectivity index (χ3n) is 5.13. The quantitative estimate of drug-likeness (QED) is 0.655. The molecule has 0 spiro atoms. The molecule has 6 nitrogen and oxygen atoms in total. The largest absolute Gasteiger partial charge is 0.497 e. The van der Waals surface area contributed by atoms with Gasteiger partial charge in [-0.15, -0.1) is 0 Å². The molecule has 3 aromatic rings. The molecule has 1 aromatic heterocycles. The lowest BCUT2D eigenvalue weighted by Gasteiger charge is -2.20. The van der Waals surface area contributed by atoms with Crippen molar-refractivity contribution in [3.8, 4) is 5.75 Å². The molecule has 2 amide bonds. The SMILES string of the molecule is CCN(CC(=O)Nc1ccc(OC)cc1)C(=O)Cc1coc2c(C)c(C)ccc12. The summed E-state index contributed by atoms with van der Waals surface area (Å²) in [7, 11) is 1.59. The van der Waals surface area contributed by atoms with Gasteiger partial charge in [-0.05, 0) is 56.2 Å². The Kier molecular flexibility index (Phi) is 6.22. The molecule has 0 atom stereocenters. The van der Waals surface area contributed by atoms with Gasteiger partial charge in [-0.3, -0.25) is 9.59 Å². The number of hydrogen-bond acceptors (Lipinski definition) is 4. The molecule has 0 aliphatic carbocycles. The number of carbonyl (C=O) groups is 2. The highest BCUT2D eigenvalue weighted by molar-refractivity contribution is 5.95. The average Bonchev–Trinajstić information content (AvgIpc) is 3.12. The zero-order chi connectivity index (χ0) is 21.0. The number of nitrogens with one attached hydrogen (secondary N) is 1. The Hall–Kier alpha value is -3.28. The molecule has 0 radical (unpaired) electrons. The van der Waals surface area contributed by atoms with Gasteiger partial charge < -0.3 is 19.4 Å². The first kappa shape index (κ1) is 20.5. The summed E-state index contributed by atoms with van der Waals surface area (Å²) in [6, 6.07) is 11.1. The molecule has 0 saturated heterocycles. The summed E-state index contributed by atoms with van der Waals surface area (Å²) in [6.45, 7) is 6.34. The number of benzene rings is 2. The number of methoxy groups -OCH3 is 1. The van der Waals surface area contributed by atoms with E-state index in [1.807, 2.05) is 32.9 Å². The van der Waals surface area contributed by atoms with Crippen LogP contribution in [0.1, 0.15) is 23.6 Å². The van der Waals surface area contributed by atoms with E-state index < -0.39 is 0 Å². The molecule has 29 heavy (non-hydrogen) atoms. The number of furan rings is 1. The molecule has 0 fully saturated rings. The van der Waals surface area contributed by atoms with Gasteiger partial charge in [-0.2, -0.15) is 0 Å². The standard InChI is InChI=1S/C23H26N2O4/c1-5-25(13-21(26)24-18-7-9-19(28-4)10-8-18)22(27)12-17-14-29-23-16(3)15(2)6-11-20(17)23/h6-11,14H,5,12-13H2,1-4H3,(H,24,26). The number of rotatable bonds is 7. The van der Waals surface area contributed by atoms with Gasteiger partial charge in [0, 0.05) is 23.2 Å². The maximum atomic E-state index is 12.8. The molecule has 0 saturated carbocycles. The fraction of sp³-hybridized carbons (Fsp3) is 0.304. The van der Waals surface area contributed by atoms with E-state index in [1.54, 1.807) is 42.5 Å². The van der Waals surface area contributed by atoms with Crippen molar-refractivity contribution in [3.63, 3.8) is 0 Å². The summed E-state index contributed by atoms with van der Waals surface area (Å²) in [5.41, 5.74) is 4.53. The highest BCUT2D eigenvalue weighted by Crippen LogP contribution is 2.27. The Labute approximate surface area is 170 Å². The van der Waals surface area contributed by atoms with E-state index in [0.717, 1.165) is 27.7 Å². The second kappa shape index (κ2) is 8.82. The number of carbonyl (C=O) groups excluding carboxylic acids is 2. The maximum Gasteiger partial charge on any atom is 0.243 e. The summed E-state index contributed by atoms with van der Waals surface area (Å²) in [6.07, 6.45) is 1.83. The Morgan fingerprint density at radius 3 is 2.48 bits per heavy atom. The first-order valence-electron chi connectivity index (χ1n) is 9.61. The fourth-order valence-electron chi connectivity index (χ4n) is 3.22. The van der Waals surface area contributed by atoms with E-state index >= 15 is 0 Å². The van der Waals surface area contributed by atoms with Gasteiger partial charge in [-0.1, -0.05) is 12.1 Å². The molecular formula is C23H26N2O4. The predicted octanol–water partition coefficient (Wildman–Crippen LogP) is 4.09. The number of amides is 2. The maximum absolute atomic E-state index is 12.8. The lowest BCUT2D eigenvalue weighted by atomic mass is 10.0. The van der Waals surface area contributed by atoms with Crippen molar-refractivity contribution in [1.29, 1.82) is 0 Å². The minimum Gasteiger partial charge on any atom is -0.497 e. The van der Waals surface area contributed by atoms with Crippen molar-refractivity contribution >= 4 is 28.5 Å². The Morgan fingerprint density at radius 2 is 1.83 bits per heavy atom. The highest BCUT2D eigenvalue weighted by Gasteiger charge is 2.19. The molecule has 0 unspecified atom stereocenters. The van der Waals surface area contributed by atoms with Crippen LogP contribution in [0.15, 0.2) is 47.1 Å². The van der Waals surface area contributed by atoms with Crippen LogP contribution in [-0.2, 0) is 16.0 Å². The first-order chi connectivity index (χ1) is 13.9. The van der Waals surface area contributed by atoms with Crippen LogP contribution in [0.2, 0.25) is 0 Å². The smallest absolute Gasteiger partial charge is 0.243 e. The van der Waals surface area contributed by atoms with E-state index in [0.29, 0.717) is 18.0 Å². The van der Waals surface area contributed by atoms with Crippen molar-refractivity contribution in [2.45, 2.75) is 27.2 Å². The highest BCUT2D eigenvalue weighted by atomic mass is 16.5. The Bertz CT molecular complexity index is 1020. The fourth-order valence-corrected chi connectivity index (χ4v) is 3.22. The zero-order valence-corrected chi connectivity index (χ0v) is 17.2. The summed E-state index contributed by atoms with van der Waals surface area (Å²) in [5, 5.41) is 3.75. The van der Waals surface area contributed by atoms with Crippen molar-refractivity contribution in [3.05, 3.63) is 59.4 Å². The van der Waals surface area contributed by atoms with Crippen LogP contribution in [0.4, 0.5) is 5.69 Å². The molecule has 1 N–H and O–H groups in total. The van der Waals surface area contributed by atoms with Crippen molar-refractivity contribution < 1.29 is 18.7 Å². The molecule has 152 valence electrons. The van der Waals surface area contributed by atoms with Crippen molar-refractivity contribution in [2.75, 3.05) is 25.5 Å². The van der Waals surface area contributed by atoms with Gasteiger partial charge in [0.05, 0.1) is 26.3 Å². The normalized spacial score (nSPS) is 10.8. The topological polar surface area (TPSA) is 71.8 Å². The second-order valence-corrected chi connectivity index (χ2v) is 7.01.